The second-order valence-electron chi connectivity index (χ2n) is 18.2. The summed E-state index contributed by atoms with van der Waals surface area (Å²) in [4.78, 5) is 60.9. The van der Waals surface area contributed by atoms with Crippen LogP contribution in [0.1, 0.15) is 91.8 Å². The number of fused-ring (bicyclic) bond motifs is 3. The monoisotopic (exact) mass is 988 g/mol. The number of hydrogen-bond acceptors (Lipinski definition) is 8. The largest absolute Gasteiger partial charge is 0.404 e. The maximum atomic E-state index is 16.7. The maximum Gasteiger partial charge on any atom is 0.404 e. The van der Waals surface area contributed by atoms with E-state index in [1.807, 2.05) is 52.8 Å². The van der Waals surface area contributed by atoms with Crippen molar-refractivity contribution in [1.29, 1.82) is 0 Å². The van der Waals surface area contributed by atoms with Crippen molar-refractivity contribution < 1.29 is 51.8 Å². The molecule has 0 aliphatic carbocycles. The van der Waals surface area contributed by atoms with Gasteiger partial charge in [-0.15, -0.1) is 0 Å². The predicted molar refractivity (Wildman–Crippen MR) is 264 cm³/mol. The lowest BCUT2D eigenvalue weighted by Gasteiger charge is -2.39. The highest BCUT2D eigenvalue weighted by Crippen LogP contribution is 2.67. The molecule has 0 spiro atoms. The molecule has 20 heteroatoms. The van der Waals surface area contributed by atoms with Crippen molar-refractivity contribution in [2.24, 2.45) is 11.8 Å². The number of hydrogen-bond donors (Lipinski definition) is 6. The normalized spacial score (nSPS) is 19.7. The summed E-state index contributed by atoms with van der Waals surface area (Å²) in [6.07, 6.45) is 2.15. The molecular weight excluding hydrogens is 926 g/mol. The molecule has 15 nitrogen and oxygen atoms in total. The Hall–Kier alpha value is -4.36. The highest BCUT2D eigenvalue weighted by atomic mass is 32.1. The van der Waals surface area contributed by atoms with E-state index in [4.69, 9.17) is 9.05 Å². The van der Waals surface area contributed by atoms with E-state index in [1.54, 1.807) is 20.2 Å². The molecule has 3 atom stereocenters. The van der Waals surface area contributed by atoms with Crippen LogP contribution < -0.4 is 5.32 Å². The molecule has 3 aromatic carbocycles. The van der Waals surface area contributed by atoms with E-state index in [2.05, 4.69) is 15.5 Å². The Morgan fingerprint density at radius 2 is 1.57 bits per heavy atom. The highest BCUT2D eigenvalue weighted by molar-refractivity contribution is 7.98. The summed E-state index contributed by atoms with van der Waals surface area (Å²) in [6.45, 7) is 8.77. The van der Waals surface area contributed by atoms with Crippen LogP contribution in [0.25, 0.3) is 21.7 Å². The minimum Gasteiger partial charge on any atom is -0.360 e. The zero-order valence-electron chi connectivity index (χ0n) is 39.0. The zero-order valence-corrected chi connectivity index (χ0v) is 41.7. The fraction of sp³-hybridized carbons (Fsp3) is 0.511. The van der Waals surface area contributed by atoms with Crippen LogP contribution in [0.5, 0.6) is 0 Å². The molecule has 366 valence electrons. The number of aliphatic hydroxyl groups is 2. The van der Waals surface area contributed by atoms with Gasteiger partial charge in [0.05, 0.1) is 35.4 Å². The summed E-state index contributed by atoms with van der Waals surface area (Å²) >= 11 is 0.887. The third-order valence-electron chi connectivity index (χ3n) is 11.7. The Labute approximate surface area is 397 Å². The zero-order chi connectivity index (χ0) is 48.8. The van der Waals surface area contributed by atoms with Gasteiger partial charge in [0.1, 0.15) is 12.1 Å². The van der Waals surface area contributed by atoms with E-state index in [0.717, 1.165) is 17.7 Å². The Kier molecular flexibility index (Phi) is 17.4. The minimum absolute atomic E-state index is 0.0111. The average Bonchev–Trinajstić information content (AvgIpc) is 3.89. The number of alkyl halides is 2. The maximum absolute atomic E-state index is 16.7. The number of rotatable bonds is 18. The molecule has 4 aromatic rings. The minimum atomic E-state index is -5.25. The molecule has 2 saturated heterocycles. The van der Waals surface area contributed by atoms with Gasteiger partial charge < -0.3 is 39.3 Å². The Morgan fingerprint density at radius 3 is 2.19 bits per heavy atom. The number of nitrogens with one attached hydrogen (secondary N) is 2. The number of thiol groups is 2. The van der Waals surface area contributed by atoms with Crippen molar-refractivity contribution in [2.45, 2.75) is 90.5 Å². The SMILES string of the molecule is Cc1ccc2[nH]nc(C(=O)N3CC[C@H]4CC[C@@H](C(=O)N(C)C)N4C(=O)[C@@H](NC(=O)c4ccc5ccc(C(F)(F)P(=O)(OCC[SH]=C(O)CC(C)C)OCC[SH]=C(O)CC(C)C)cc5c4)C3)c2c1. The van der Waals surface area contributed by atoms with Crippen LogP contribution in [0.2, 0.25) is 0 Å². The van der Waals surface area contributed by atoms with E-state index in [0.29, 0.717) is 71.1 Å². The number of carbonyl (C=O) groups is 4. The number of carbonyl (C=O) groups excluding carboxylic acids is 4. The summed E-state index contributed by atoms with van der Waals surface area (Å²) < 4.78 is 58.4. The summed E-state index contributed by atoms with van der Waals surface area (Å²) in [5, 5.41) is 32.1. The summed E-state index contributed by atoms with van der Waals surface area (Å²) in [6, 6.07) is 11.1. The first kappa shape index (κ1) is 52.0. The first-order valence-corrected chi connectivity index (χ1v) is 26.2. The number of nitrogens with zero attached hydrogens (tertiary/aromatic N) is 4. The molecule has 0 bridgehead atoms. The van der Waals surface area contributed by atoms with Crippen molar-refractivity contribution in [3.05, 3.63) is 77.0 Å². The molecule has 0 saturated carbocycles. The van der Waals surface area contributed by atoms with Gasteiger partial charge in [-0.25, -0.2) is 0 Å². The van der Waals surface area contributed by atoms with Gasteiger partial charge in [-0.3, -0.25) is 28.8 Å². The van der Waals surface area contributed by atoms with E-state index in [1.165, 1.54) is 32.9 Å². The number of amides is 4. The third kappa shape index (κ3) is 12.5. The Morgan fingerprint density at radius 1 is 0.925 bits per heavy atom. The van der Waals surface area contributed by atoms with Gasteiger partial charge in [-0.2, -0.15) is 36.6 Å². The van der Waals surface area contributed by atoms with Gasteiger partial charge in [0, 0.05) is 67.5 Å². The van der Waals surface area contributed by atoms with Crippen molar-refractivity contribution >= 4 is 85.7 Å². The van der Waals surface area contributed by atoms with E-state index < -0.39 is 61.8 Å². The molecule has 2 aliphatic rings. The molecule has 3 heterocycles. The number of benzene rings is 3. The molecule has 1 aromatic heterocycles. The number of likely N-dealkylation sites (N-methyl/N-ethyl adjacent to an activating group) is 1. The van der Waals surface area contributed by atoms with Crippen LogP contribution in [-0.2, 0) is 28.9 Å². The van der Waals surface area contributed by atoms with Crippen molar-refractivity contribution in [3.8, 4) is 0 Å². The van der Waals surface area contributed by atoms with E-state index >= 15 is 8.78 Å². The number of aliphatic hydroxyl groups excluding tert-OH is 2. The van der Waals surface area contributed by atoms with Gasteiger partial charge in [-0.05, 0) is 79.1 Å². The fourth-order valence-electron chi connectivity index (χ4n) is 8.35. The van der Waals surface area contributed by atoms with Crippen LogP contribution in [0.3, 0.4) is 0 Å². The van der Waals surface area contributed by atoms with Crippen LogP contribution in [0.15, 0.2) is 54.6 Å². The number of halogens is 2. The molecule has 67 heavy (non-hydrogen) atoms. The van der Waals surface area contributed by atoms with E-state index in [9.17, 15) is 34.0 Å². The molecule has 2 aliphatic heterocycles. The number of aromatic nitrogens is 2. The first-order chi connectivity index (χ1) is 31.7. The highest BCUT2D eigenvalue weighted by Gasteiger charge is 2.55. The van der Waals surface area contributed by atoms with Gasteiger partial charge >= 0.3 is 13.3 Å². The van der Waals surface area contributed by atoms with Crippen LogP contribution >= 0.6 is 30.3 Å². The van der Waals surface area contributed by atoms with Crippen LogP contribution in [0, 0.1) is 18.8 Å². The lowest BCUT2D eigenvalue weighted by molar-refractivity contribution is -0.146. The summed E-state index contributed by atoms with van der Waals surface area (Å²) in [5.41, 5.74) is -3.11. The lowest BCUT2D eigenvalue weighted by Crippen LogP contribution is -2.61. The number of aromatic amines is 1. The molecule has 0 unspecified atom stereocenters. The molecular formula is C47H63F2N6O9PS2. The van der Waals surface area contributed by atoms with Crippen LogP contribution in [-0.4, -0.2) is 139 Å². The van der Waals surface area contributed by atoms with Gasteiger partial charge in [0.15, 0.2) is 5.69 Å². The van der Waals surface area contributed by atoms with Crippen LogP contribution in [0.4, 0.5) is 8.78 Å². The quantitative estimate of drug-likeness (QED) is 0.0248. The average molecular weight is 989 g/mol. The Bertz CT molecular complexity index is 2550. The molecule has 0 radical (unpaired) electrons. The second kappa shape index (κ2) is 22.4. The summed E-state index contributed by atoms with van der Waals surface area (Å²) in [5.74, 6) is -1.46. The molecule has 4 N–H and O–H groups in total. The van der Waals surface area contributed by atoms with Gasteiger partial charge in [0.25, 0.3) is 11.8 Å². The topological polar surface area (TPSA) is 195 Å². The fourth-order valence-corrected chi connectivity index (χ4v) is 12.0. The molecule has 4 amide bonds. The standard InChI is InChI=1S/C47H63F2N6O9PS2/c1-28(2)22-40(56)66-20-18-63-65(62,64-19-21-67-41(57)23-29(3)4)47(48,49)34-12-11-31-9-10-32(25-33(31)26-34)43(58)50-38-27-54(46(61)42-36-24-30(5)8-14-37(36)51-52-42)17-16-35-13-15-39(45(60)53(6)7)55(35)44(38)59/h8-12,14,24-26,28-29,35,38-39,56-57,66-67H,13,15-23,27H2,1-7H3,(H,50,58)(H,51,52)/t35-,38+,39+/m1/s1. The molecule has 2 fully saturated rings. The third-order valence-corrected chi connectivity index (χ3v) is 15.6. The van der Waals surface area contributed by atoms with E-state index in [-0.39, 0.29) is 75.1 Å². The number of H-pyrrole nitrogens is 1. The molecule has 6 rings (SSSR count). The van der Waals surface area contributed by atoms with Crippen molar-refractivity contribution in [2.75, 3.05) is 51.9 Å². The predicted octanol–water partition coefficient (Wildman–Crippen LogP) is 7.79. The van der Waals surface area contributed by atoms with Crippen molar-refractivity contribution in [3.63, 3.8) is 0 Å². The Balaban J connectivity index is 1.28. The first-order valence-electron chi connectivity index (χ1n) is 22.5. The second-order valence-corrected chi connectivity index (χ2v) is 22.8. The summed E-state index contributed by atoms with van der Waals surface area (Å²) in [7, 11) is -2.03. The number of aryl methyl sites for hydroxylation is 1. The van der Waals surface area contributed by atoms with Gasteiger partial charge in [0.2, 0.25) is 11.8 Å². The smallest absolute Gasteiger partial charge is 0.360 e. The van der Waals surface area contributed by atoms with Gasteiger partial charge in [-0.1, -0.05) is 57.5 Å². The lowest BCUT2D eigenvalue weighted by atomic mass is 10.0. The van der Waals surface area contributed by atoms with Crippen molar-refractivity contribution in [1.82, 2.24) is 30.2 Å².